The molecule has 2 fully saturated rings. The van der Waals surface area contributed by atoms with E-state index in [-0.39, 0.29) is 75.5 Å². The molecule has 20 nitrogen and oxygen atoms in total. The second kappa shape index (κ2) is 27.3. The van der Waals surface area contributed by atoms with E-state index in [1.54, 1.807) is 11.3 Å². The number of hydrogen-bond acceptors (Lipinski definition) is 16. The molecule has 2 aromatic carbocycles. The van der Waals surface area contributed by atoms with E-state index in [1.165, 1.54) is 11.1 Å². The predicted octanol–water partition coefficient (Wildman–Crippen LogP) is 4.93. The van der Waals surface area contributed by atoms with Crippen LogP contribution in [0.2, 0.25) is 0 Å². The third kappa shape index (κ3) is 16.1. The number of pyridine rings is 2. The monoisotopic (exact) mass is 1100 g/mol. The fourth-order valence-electron chi connectivity index (χ4n) is 9.90. The Labute approximate surface area is 466 Å². The Bertz CT molecular complexity index is 2970. The van der Waals surface area contributed by atoms with Crippen LogP contribution in [0.1, 0.15) is 99.3 Å². The summed E-state index contributed by atoms with van der Waals surface area (Å²) in [5.74, 6) is -0.565. The van der Waals surface area contributed by atoms with Crippen LogP contribution in [0.15, 0.2) is 71.1 Å². The van der Waals surface area contributed by atoms with Crippen LogP contribution in [-0.4, -0.2) is 148 Å². The Morgan fingerprint density at radius 3 is 2.25 bits per heavy atom. The summed E-state index contributed by atoms with van der Waals surface area (Å²) in [7, 11) is 0. The van der Waals surface area contributed by atoms with Gasteiger partial charge in [0.25, 0.3) is 5.56 Å². The highest BCUT2D eigenvalue weighted by Crippen LogP contribution is 2.33. The Balaban J connectivity index is 0.806. The van der Waals surface area contributed by atoms with Crippen molar-refractivity contribution < 1.29 is 34.1 Å². The number of nitrogens with one attached hydrogen (secondary N) is 7. The van der Waals surface area contributed by atoms with E-state index in [0.717, 1.165) is 76.1 Å². The van der Waals surface area contributed by atoms with Gasteiger partial charge in [-0.25, -0.2) is 9.97 Å². The molecule has 0 saturated carbocycles. The molecule has 4 atom stereocenters. The number of likely N-dealkylation sites (tertiary alicyclic amines) is 1. The molecular weight excluding hydrogens is 1020 g/mol. The molecule has 7 rings (SSSR count). The highest BCUT2D eigenvalue weighted by Gasteiger charge is 2.44. The number of aliphatic hydroxyl groups is 2. The number of nitrogens with zero attached hydrogens (tertiary/aromatic N) is 5. The zero-order valence-electron chi connectivity index (χ0n) is 46.7. The molecule has 0 spiro atoms. The first kappa shape index (κ1) is 59.8. The van der Waals surface area contributed by atoms with Crippen LogP contribution in [0.4, 0.5) is 11.5 Å². The molecule has 0 radical (unpaired) electrons. The molecule has 2 saturated heterocycles. The standard InChI is InChI=1S/C58H78N12O8S/c1-35(2)65-47-27-42(26-44(45(47)29-59)54(74)63-32-46-36(3)25-37(4)66-55(46)75)41-13-14-49(61-31-41)69-21-19-68(20-22-69)18-17-60-50(72)15-23-78-24-16-51(73)67-53(58(6,7)8)57(77)70-33-43(71)28-48(70)56(76)62-30-39-9-11-40(12-10-39)52-38(5)64-34-79-52/h9-14,25-27,29,31,34-35,43,48,53-54,59,63,65,71,74H,15-24,28,30,32-33H2,1-8H3,(H,60,72)(H,62,76)(H,66,75)(H,67,73)/t43-,48+,53-,54?/m1/s1. The van der Waals surface area contributed by atoms with Gasteiger partial charge >= 0.3 is 0 Å². The molecule has 2 aliphatic heterocycles. The smallest absolute Gasteiger partial charge is 0.252 e. The van der Waals surface area contributed by atoms with Gasteiger partial charge in [0.2, 0.25) is 23.6 Å². The minimum absolute atomic E-state index is 0.0283. The maximum atomic E-state index is 14.0. The second-order valence-electron chi connectivity index (χ2n) is 21.8. The first-order valence-corrected chi connectivity index (χ1v) is 28.0. The van der Waals surface area contributed by atoms with Gasteiger partial charge in [0, 0.05) is 130 Å². The SMILES string of the molecule is Cc1cc(C)c(CNC(O)c2cc(-c3ccc(N4CCN(CCNC(=O)CCOCCC(=O)N[C@H](C(=O)N5C[C@H](O)C[C@H]5C(=O)NCc5ccc(-c6scnc6C)cc5)C(C)(C)C)CC4)nc3)cc(NC(C)C)c2C=N)c(=O)[nH]1. The summed E-state index contributed by atoms with van der Waals surface area (Å²) in [5, 5.41) is 45.5. The Hall–Kier alpha value is -6.88. The molecule has 5 heterocycles. The molecule has 4 amide bonds. The summed E-state index contributed by atoms with van der Waals surface area (Å²) in [4.78, 5) is 85.0. The van der Waals surface area contributed by atoms with Crippen LogP contribution in [0.3, 0.4) is 0 Å². The quantitative estimate of drug-likeness (QED) is 0.0226. The first-order valence-electron chi connectivity index (χ1n) is 27.1. The third-order valence-electron chi connectivity index (χ3n) is 14.2. The van der Waals surface area contributed by atoms with Crippen molar-refractivity contribution in [1.82, 2.24) is 46.0 Å². The molecule has 2 aliphatic rings. The van der Waals surface area contributed by atoms with E-state index in [0.29, 0.717) is 35.5 Å². The van der Waals surface area contributed by atoms with Gasteiger partial charge in [-0.2, -0.15) is 0 Å². The highest BCUT2D eigenvalue weighted by atomic mass is 32.1. The second-order valence-corrected chi connectivity index (χ2v) is 22.7. The lowest BCUT2D eigenvalue weighted by Crippen LogP contribution is -2.57. The van der Waals surface area contributed by atoms with Gasteiger partial charge < -0.3 is 56.4 Å². The number of thiazole rings is 1. The van der Waals surface area contributed by atoms with Crippen molar-refractivity contribution in [2.24, 2.45) is 5.41 Å². The lowest BCUT2D eigenvalue weighted by Gasteiger charge is -2.35. The van der Waals surface area contributed by atoms with Crippen LogP contribution < -0.4 is 37.0 Å². The molecule has 21 heteroatoms. The van der Waals surface area contributed by atoms with E-state index in [2.05, 4.69) is 46.4 Å². The maximum absolute atomic E-state index is 14.0. The molecule has 424 valence electrons. The van der Waals surface area contributed by atoms with Crippen molar-refractivity contribution in [2.75, 3.05) is 69.2 Å². The predicted molar refractivity (Wildman–Crippen MR) is 308 cm³/mol. The van der Waals surface area contributed by atoms with Crippen LogP contribution >= 0.6 is 11.3 Å². The molecule has 9 N–H and O–H groups in total. The zero-order chi connectivity index (χ0) is 57.0. The highest BCUT2D eigenvalue weighted by molar-refractivity contribution is 7.13. The number of piperazine rings is 1. The maximum Gasteiger partial charge on any atom is 0.252 e. The Morgan fingerprint density at radius 1 is 0.911 bits per heavy atom. The van der Waals surface area contributed by atoms with E-state index >= 15 is 0 Å². The number of anilines is 2. The van der Waals surface area contributed by atoms with Crippen LogP contribution in [0.25, 0.3) is 21.6 Å². The number of β-amino-alcohol motifs (C(OH)–C–C–N with tert-alkyl or cyclic N) is 1. The van der Waals surface area contributed by atoms with Gasteiger partial charge in [0.1, 0.15) is 24.1 Å². The van der Waals surface area contributed by atoms with Gasteiger partial charge in [-0.3, -0.25) is 34.2 Å². The van der Waals surface area contributed by atoms with E-state index in [4.69, 9.17) is 15.1 Å². The number of aliphatic hydroxyl groups excluding tert-OH is 2. The number of benzene rings is 2. The summed E-state index contributed by atoms with van der Waals surface area (Å²) < 4.78 is 5.66. The van der Waals surface area contributed by atoms with Crippen LogP contribution in [0, 0.1) is 31.6 Å². The van der Waals surface area contributed by atoms with Crippen molar-refractivity contribution in [1.29, 1.82) is 5.41 Å². The Kier molecular flexibility index (Phi) is 20.7. The fourth-order valence-corrected chi connectivity index (χ4v) is 10.7. The summed E-state index contributed by atoms with van der Waals surface area (Å²) in [6, 6.07) is 15.7. The van der Waals surface area contributed by atoms with Gasteiger partial charge in [0.15, 0.2) is 0 Å². The zero-order valence-corrected chi connectivity index (χ0v) is 47.5. The normalized spacial score (nSPS) is 16.6. The van der Waals surface area contributed by atoms with Gasteiger partial charge in [-0.05, 0) is 92.6 Å². The first-order chi connectivity index (χ1) is 37.7. The third-order valence-corrected chi connectivity index (χ3v) is 15.2. The number of ether oxygens (including phenoxy) is 1. The number of carbonyl (C=O) groups excluding carboxylic acids is 4. The minimum Gasteiger partial charge on any atom is -0.391 e. The topological polar surface area (TPSA) is 270 Å². The fraction of sp³-hybridized carbons (Fsp3) is 0.483. The van der Waals surface area contributed by atoms with Crippen molar-refractivity contribution in [2.45, 2.75) is 118 Å². The summed E-state index contributed by atoms with van der Waals surface area (Å²) in [6.07, 6.45) is 1.16. The number of H-pyrrole nitrogens is 1. The van der Waals surface area contributed by atoms with E-state index < -0.39 is 41.6 Å². The number of hydrogen-bond donors (Lipinski definition) is 9. The largest absolute Gasteiger partial charge is 0.391 e. The molecule has 1 unspecified atom stereocenters. The van der Waals surface area contributed by atoms with Gasteiger partial charge in [0.05, 0.1) is 35.4 Å². The summed E-state index contributed by atoms with van der Waals surface area (Å²) in [5.41, 5.74) is 9.27. The number of rotatable bonds is 24. The molecule has 0 aliphatic carbocycles. The number of aromatic nitrogens is 3. The van der Waals surface area contributed by atoms with E-state index in [1.807, 2.05) is 122 Å². The lowest BCUT2D eigenvalue weighted by atomic mass is 9.85. The average molecular weight is 1100 g/mol. The van der Waals surface area contributed by atoms with Crippen LogP contribution in [-0.2, 0) is 37.0 Å². The van der Waals surface area contributed by atoms with E-state index in [9.17, 15) is 34.2 Å². The van der Waals surface area contributed by atoms with Crippen molar-refractivity contribution in [3.63, 3.8) is 0 Å². The van der Waals surface area contributed by atoms with Crippen molar-refractivity contribution in [3.8, 4) is 21.6 Å². The number of aromatic amines is 1. The number of amides is 4. The van der Waals surface area contributed by atoms with Crippen molar-refractivity contribution in [3.05, 3.63) is 116 Å². The lowest BCUT2D eigenvalue weighted by molar-refractivity contribution is -0.144. The number of carbonyl (C=O) groups is 4. The molecular formula is C58H78N12O8S. The molecule has 5 aromatic rings. The summed E-state index contributed by atoms with van der Waals surface area (Å²) in [6.45, 7) is 19.9. The summed E-state index contributed by atoms with van der Waals surface area (Å²) >= 11 is 1.57. The average Bonchev–Trinajstić information content (AvgIpc) is 4.03. The van der Waals surface area contributed by atoms with Gasteiger partial charge in [-0.1, -0.05) is 45.0 Å². The molecule has 3 aromatic heterocycles. The molecule has 0 bridgehead atoms. The molecule has 79 heavy (non-hydrogen) atoms. The minimum atomic E-state index is -1.17. The van der Waals surface area contributed by atoms with Crippen molar-refractivity contribution >= 4 is 52.7 Å². The number of aryl methyl sites for hydroxylation is 3. The Morgan fingerprint density at radius 2 is 1.62 bits per heavy atom. The van der Waals surface area contributed by atoms with Crippen LogP contribution in [0.5, 0.6) is 0 Å². The van der Waals surface area contributed by atoms with Gasteiger partial charge in [-0.15, -0.1) is 11.3 Å².